The molecule has 0 saturated heterocycles. The number of nitrogens with zero attached hydrogens (tertiary/aromatic N) is 2. The summed E-state index contributed by atoms with van der Waals surface area (Å²) in [6, 6.07) is 0. The van der Waals surface area contributed by atoms with Crippen LogP contribution in [-0.2, 0) is 24.2 Å². The van der Waals surface area contributed by atoms with Gasteiger partial charge in [-0.05, 0) is 51.5 Å². The van der Waals surface area contributed by atoms with Crippen molar-refractivity contribution in [1.29, 1.82) is 0 Å². The third kappa shape index (κ3) is 2.69. The highest BCUT2D eigenvalue weighted by Crippen LogP contribution is 2.36. The minimum absolute atomic E-state index is 0.0890. The fourth-order valence-corrected chi connectivity index (χ4v) is 4.59. The molecule has 0 aromatic carbocycles. The second-order valence-corrected chi connectivity index (χ2v) is 8.35. The third-order valence-electron chi connectivity index (χ3n) is 4.74. The number of hydrogen-bond acceptors (Lipinski definition) is 4. The van der Waals surface area contributed by atoms with E-state index in [-0.39, 0.29) is 12.1 Å². The van der Waals surface area contributed by atoms with Crippen molar-refractivity contribution in [1.82, 2.24) is 9.55 Å². The number of fused-ring (bicyclic) bond motifs is 3. The van der Waals surface area contributed by atoms with Crippen LogP contribution in [0.5, 0.6) is 0 Å². The summed E-state index contributed by atoms with van der Waals surface area (Å²) in [4.78, 5) is 31.1. The van der Waals surface area contributed by atoms with Gasteiger partial charge in [0.15, 0.2) is 0 Å². The van der Waals surface area contributed by atoms with E-state index in [9.17, 15) is 14.7 Å². The Balaban J connectivity index is 2.18. The van der Waals surface area contributed by atoms with Gasteiger partial charge in [0.1, 0.15) is 10.7 Å². The van der Waals surface area contributed by atoms with E-state index in [0.717, 1.165) is 29.7 Å². The van der Waals surface area contributed by atoms with Crippen LogP contribution in [0.3, 0.4) is 0 Å². The summed E-state index contributed by atoms with van der Waals surface area (Å²) in [6.07, 6.45) is 3.01. The maximum atomic E-state index is 13.0. The summed E-state index contributed by atoms with van der Waals surface area (Å²) in [6.45, 7) is 7.42. The average molecular weight is 334 g/mol. The summed E-state index contributed by atoms with van der Waals surface area (Å²) in [5.41, 5.74) is 0.0468. The molecule has 0 fully saturated rings. The first kappa shape index (κ1) is 16.2. The summed E-state index contributed by atoms with van der Waals surface area (Å²) in [7, 11) is 0. The molecule has 0 aliphatic heterocycles. The maximum Gasteiger partial charge on any atom is 0.310 e. The van der Waals surface area contributed by atoms with Crippen LogP contribution in [0.1, 0.15) is 43.5 Å². The van der Waals surface area contributed by atoms with E-state index in [2.05, 4.69) is 11.9 Å². The smallest absolute Gasteiger partial charge is 0.310 e. The van der Waals surface area contributed by atoms with Crippen molar-refractivity contribution in [2.75, 3.05) is 0 Å². The predicted octanol–water partition coefficient (Wildman–Crippen LogP) is 3.00. The fourth-order valence-electron chi connectivity index (χ4n) is 3.17. The molecule has 0 spiro atoms. The average Bonchev–Trinajstić information content (AvgIpc) is 2.80. The molecule has 2 aromatic heterocycles. The SMILES string of the molecule is Cc1nc2sc3c(c2c(=O)n1CC(C)(C)C(=O)O)CCC(C)C3. The van der Waals surface area contributed by atoms with Gasteiger partial charge in [0.05, 0.1) is 10.8 Å². The number of thiophene rings is 1. The zero-order chi connectivity index (χ0) is 16.9. The molecule has 0 bridgehead atoms. The summed E-state index contributed by atoms with van der Waals surface area (Å²) in [5.74, 6) is 0.318. The molecule has 2 aromatic rings. The highest BCUT2D eigenvalue weighted by molar-refractivity contribution is 7.18. The maximum absolute atomic E-state index is 13.0. The molecular formula is C17H22N2O3S. The van der Waals surface area contributed by atoms with Gasteiger partial charge in [-0.15, -0.1) is 11.3 Å². The Labute approximate surface area is 139 Å². The zero-order valence-electron chi connectivity index (χ0n) is 14.0. The molecule has 5 nitrogen and oxygen atoms in total. The molecule has 3 rings (SSSR count). The summed E-state index contributed by atoms with van der Waals surface area (Å²) >= 11 is 1.62. The van der Waals surface area contributed by atoms with E-state index in [0.29, 0.717) is 17.1 Å². The number of rotatable bonds is 3. The van der Waals surface area contributed by atoms with Gasteiger partial charge in [0, 0.05) is 11.4 Å². The Kier molecular flexibility index (Phi) is 3.83. The Morgan fingerprint density at radius 3 is 2.83 bits per heavy atom. The van der Waals surface area contributed by atoms with Crippen LogP contribution in [0.15, 0.2) is 4.79 Å². The monoisotopic (exact) mass is 334 g/mol. The predicted molar refractivity (Wildman–Crippen MR) is 91.2 cm³/mol. The molecule has 0 radical (unpaired) electrons. The molecule has 1 unspecified atom stereocenters. The third-order valence-corrected chi connectivity index (χ3v) is 5.89. The lowest BCUT2D eigenvalue weighted by atomic mass is 9.89. The largest absolute Gasteiger partial charge is 0.481 e. The lowest BCUT2D eigenvalue weighted by Crippen LogP contribution is -2.35. The highest BCUT2D eigenvalue weighted by Gasteiger charge is 2.30. The number of carboxylic acids is 1. The van der Waals surface area contributed by atoms with Crippen molar-refractivity contribution < 1.29 is 9.90 Å². The van der Waals surface area contributed by atoms with Gasteiger partial charge in [-0.3, -0.25) is 14.2 Å². The minimum atomic E-state index is -1.01. The topological polar surface area (TPSA) is 72.2 Å². The molecule has 6 heteroatoms. The fraction of sp³-hybridized carbons (Fsp3) is 0.588. The van der Waals surface area contributed by atoms with Gasteiger partial charge >= 0.3 is 5.97 Å². The molecule has 0 saturated carbocycles. The van der Waals surface area contributed by atoms with Crippen molar-refractivity contribution in [3.63, 3.8) is 0 Å². The van der Waals surface area contributed by atoms with Crippen LogP contribution in [0.4, 0.5) is 0 Å². The van der Waals surface area contributed by atoms with E-state index in [1.54, 1.807) is 32.1 Å². The Morgan fingerprint density at radius 2 is 2.17 bits per heavy atom. The van der Waals surface area contributed by atoms with Gasteiger partial charge in [-0.2, -0.15) is 0 Å². The quantitative estimate of drug-likeness (QED) is 0.936. The molecule has 1 N–H and O–H groups in total. The van der Waals surface area contributed by atoms with E-state index in [4.69, 9.17) is 0 Å². The van der Waals surface area contributed by atoms with Gasteiger partial charge in [0.25, 0.3) is 5.56 Å². The molecule has 2 heterocycles. The van der Waals surface area contributed by atoms with E-state index in [1.807, 2.05) is 0 Å². The molecule has 1 atom stereocenters. The molecule has 1 aliphatic carbocycles. The molecule has 0 amide bonds. The minimum Gasteiger partial charge on any atom is -0.481 e. The van der Waals surface area contributed by atoms with Crippen LogP contribution in [0.2, 0.25) is 0 Å². The van der Waals surface area contributed by atoms with Crippen molar-refractivity contribution in [2.24, 2.45) is 11.3 Å². The van der Waals surface area contributed by atoms with Gasteiger partial charge in [0.2, 0.25) is 0 Å². The Bertz CT molecular complexity index is 848. The lowest BCUT2D eigenvalue weighted by molar-refractivity contribution is -0.147. The van der Waals surface area contributed by atoms with Gasteiger partial charge < -0.3 is 5.11 Å². The van der Waals surface area contributed by atoms with Crippen LogP contribution in [0.25, 0.3) is 10.2 Å². The van der Waals surface area contributed by atoms with Crippen LogP contribution in [-0.4, -0.2) is 20.6 Å². The number of aromatic nitrogens is 2. The van der Waals surface area contributed by atoms with Crippen molar-refractivity contribution in [3.8, 4) is 0 Å². The number of aryl methyl sites for hydroxylation is 2. The number of aliphatic carboxylic acids is 1. The normalized spacial score (nSPS) is 18.2. The Hall–Kier alpha value is -1.69. The second-order valence-electron chi connectivity index (χ2n) is 7.27. The molecule has 124 valence electrons. The van der Waals surface area contributed by atoms with E-state index >= 15 is 0 Å². The van der Waals surface area contributed by atoms with Crippen molar-refractivity contribution >= 4 is 27.5 Å². The van der Waals surface area contributed by atoms with Gasteiger partial charge in [-0.1, -0.05) is 6.92 Å². The first-order valence-electron chi connectivity index (χ1n) is 7.96. The van der Waals surface area contributed by atoms with Gasteiger partial charge in [-0.25, -0.2) is 4.98 Å². The first-order valence-corrected chi connectivity index (χ1v) is 8.77. The van der Waals surface area contributed by atoms with Crippen molar-refractivity contribution in [2.45, 2.75) is 53.5 Å². The molecule has 1 aliphatic rings. The first-order chi connectivity index (χ1) is 10.7. The second kappa shape index (κ2) is 5.44. The summed E-state index contributed by atoms with van der Waals surface area (Å²) < 4.78 is 1.53. The zero-order valence-corrected chi connectivity index (χ0v) is 14.8. The van der Waals surface area contributed by atoms with E-state index < -0.39 is 11.4 Å². The van der Waals surface area contributed by atoms with Crippen LogP contribution >= 0.6 is 11.3 Å². The highest BCUT2D eigenvalue weighted by atomic mass is 32.1. The standard InChI is InChI=1S/C17H22N2O3S/c1-9-5-6-11-12(7-9)23-14-13(11)15(20)19(10(2)18-14)8-17(3,4)16(21)22/h9H,5-8H2,1-4H3,(H,21,22). The Morgan fingerprint density at radius 1 is 1.48 bits per heavy atom. The number of carboxylic acid groups (broad SMARTS) is 1. The molecular weight excluding hydrogens is 312 g/mol. The number of hydrogen-bond donors (Lipinski definition) is 1. The van der Waals surface area contributed by atoms with Crippen LogP contribution in [0, 0.1) is 18.3 Å². The lowest BCUT2D eigenvalue weighted by Gasteiger charge is -2.22. The number of carbonyl (C=O) groups is 1. The van der Waals surface area contributed by atoms with Crippen molar-refractivity contribution in [3.05, 3.63) is 26.6 Å². The van der Waals surface area contributed by atoms with Crippen LogP contribution < -0.4 is 5.56 Å². The summed E-state index contributed by atoms with van der Waals surface area (Å²) in [5, 5.41) is 10.1. The molecule has 23 heavy (non-hydrogen) atoms. The van der Waals surface area contributed by atoms with E-state index in [1.165, 1.54) is 9.44 Å².